The fraction of sp³-hybridized carbons (Fsp3) is 0.368. The van der Waals surface area contributed by atoms with Crippen LogP contribution in [0.4, 0.5) is 13.2 Å². The number of rotatable bonds is 6. The van der Waals surface area contributed by atoms with Crippen molar-refractivity contribution < 1.29 is 26.3 Å². The lowest BCUT2D eigenvalue weighted by Crippen LogP contribution is -2.43. The maximum Gasteiger partial charge on any atom is 0.416 e. The Morgan fingerprint density at radius 1 is 1.10 bits per heavy atom. The summed E-state index contributed by atoms with van der Waals surface area (Å²) in [7, 11) is -3.98. The number of benzene rings is 2. The van der Waals surface area contributed by atoms with Gasteiger partial charge in [0.25, 0.3) is 0 Å². The second-order valence-corrected chi connectivity index (χ2v) is 8.80. The smallest absolute Gasteiger partial charge is 0.379 e. The highest BCUT2D eigenvalue weighted by atomic mass is 35.5. The molecule has 1 saturated heterocycles. The van der Waals surface area contributed by atoms with Gasteiger partial charge in [-0.05, 0) is 42.0 Å². The van der Waals surface area contributed by atoms with Gasteiger partial charge in [-0.1, -0.05) is 23.7 Å². The van der Waals surface area contributed by atoms with Gasteiger partial charge < -0.3 is 4.74 Å². The summed E-state index contributed by atoms with van der Waals surface area (Å²) in [6.07, 6.45) is -4.52. The maximum absolute atomic E-state index is 12.7. The highest BCUT2D eigenvalue weighted by Gasteiger charge is 2.31. The number of ether oxygens (including phenoxy) is 1. The second-order valence-electron chi connectivity index (χ2n) is 6.59. The van der Waals surface area contributed by atoms with Crippen LogP contribution in [0.25, 0.3) is 0 Å². The van der Waals surface area contributed by atoms with E-state index in [0.717, 1.165) is 29.8 Å². The van der Waals surface area contributed by atoms with E-state index < -0.39 is 21.8 Å². The zero-order chi connectivity index (χ0) is 21.1. The fourth-order valence-corrected chi connectivity index (χ4v) is 4.39. The monoisotopic (exact) mass is 448 g/mol. The third-order valence-corrected chi connectivity index (χ3v) is 6.35. The molecule has 0 bridgehead atoms. The van der Waals surface area contributed by atoms with E-state index in [0.29, 0.717) is 31.3 Å². The number of nitrogens with one attached hydrogen (secondary N) is 1. The Kier molecular flexibility index (Phi) is 6.85. The summed E-state index contributed by atoms with van der Waals surface area (Å²) >= 11 is 6.09. The SMILES string of the molecule is O=S(=O)(NCC(c1cccc(Cl)c1)N1CCOCC1)c1ccc(C(F)(F)F)cc1. The first-order valence-electron chi connectivity index (χ1n) is 8.91. The van der Waals surface area contributed by atoms with Crippen LogP contribution >= 0.6 is 11.6 Å². The summed E-state index contributed by atoms with van der Waals surface area (Å²) in [6.45, 7) is 2.35. The third-order valence-electron chi connectivity index (χ3n) is 4.68. The molecule has 1 fully saturated rings. The topological polar surface area (TPSA) is 58.6 Å². The van der Waals surface area contributed by atoms with Crippen LogP contribution in [-0.2, 0) is 20.9 Å². The standard InChI is InChI=1S/C19H20ClF3N2O3S/c20-16-3-1-2-14(12-16)18(25-8-10-28-11-9-25)13-24-29(26,27)17-6-4-15(5-7-17)19(21,22)23/h1-7,12,18,24H,8-11,13H2. The van der Waals surface area contributed by atoms with Gasteiger partial charge in [-0.2, -0.15) is 13.2 Å². The molecule has 0 saturated carbocycles. The zero-order valence-electron chi connectivity index (χ0n) is 15.3. The summed E-state index contributed by atoms with van der Waals surface area (Å²) in [5, 5.41) is 0.534. The van der Waals surface area contributed by atoms with Crippen LogP contribution in [0.3, 0.4) is 0 Å². The van der Waals surface area contributed by atoms with Crippen LogP contribution in [0, 0.1) is 0 Å². The molecule has 2 aromatic carbocycles. The third kappa shape index (κ3) is 5.70. The summed E-state index contributed by atoms with van der Waals surface area (Å²) < 4.78 is 71.2. The zero-order valence-corrected chi connectivity index (χ0v) is 16.9. The van der Waals surface area contributed by atoms with Crippen molar-refractivity contribution in [2.75, 3.05) is 32.8 Å². The van der Waals surface area contributed by atoms with Gasteiger partial charge in [0.1, 0.15) is 0 Å². The van der Waals surface area contributed by atoms with Crippen molar-refractivity contribution in [1.29, 1.82) is 0 Å². The summed E-state index contributed by atoms with van der Waals surface area (Å²) in [6, 6.07) is 10.3. The predicted molar refractivity (Wildman–Crippen MR) is 103 cm³/mol. The predicted octanol–water partition coefficient (Wildman–Crippen LogP) is 3.71. The minimum Gasteiger partial charge on any atom is -0.379 e. The Labute approximate surface area is 172 Å². The van der Waals surface area contributed by atoms with Gasteiger partial charge >= 0.3 is 6.18 Å². The molecule has 0 aromatic heterocycles. The first kappa shape index (κ1) is 22.0. The number of alkyl halides is 3. The van der Waals surface area contributed by atoms with E-state index in [9.17, 15) is 21.6 Å². The molecule has 1 unspecified atom stereocenters. The second kappa shape index (κ2) is 9.01. The molecule has 29 heavy (non-hydrogen) atoms. The summed E-state index contributed by atoms with van der Waals surface area (Å²) in [5.41, 5.74) is -0.0592. The lowest BCUT2D eigenvalue weighted by Gasteiger charge is -2.35. The highest BCUT2D eigenvalue weighted by Crippen LogP contribution is 2.30. The first-order chi connectivity index (χ1) is 13.7. The molecule has 1 heterocycles. The van der Waals surface area contributed by atoms with Crippen LogP contribution < -0.4 is 4.72 Å². The Bertz CT molecular complexity index is 930. The molecule has 1 atom stereocenters. The largest absolute Gasteiger partial charge is 0.416 e. The number of hydrogen-bond acceptors (Lipinski definition) is 4. The molecule has 0 spiro atoms. The Morgan fingerprint density at radius 3 is 2.34 bits per heavy atom. The minimum atomic E-state index is -4.52. The van der Waals surface area contributed by atoms with E-state index in [1.165, 1.54) is 0 Å². The average molecular weight is 449 g/mol. The quantitative estimate of drug-likeness (QED) is 0.732. The first-order valence-corrected chi connectivity index (χ1v) is 10.8. The van der Waals surface area contributed by atoms with Crippen LogP contribution in [0.15, 0.2) is 53.4 Å². The molecule has 2 aromatic rings. The molecule has 1 aliphatic rings. The Hall–Kier alpha value is -1.65. The normalized spacial score (nSPS) is 17.2. The van der Waals surface area contributed by atoms with Crippen molar-refractivity contribution in [1.82, 2.24) is 9.62 Å². The number of sulfonamides is 1. The molecular weight excluding hydrogens is 429 g/mol. The van der Waals surface area contributed by atoms with E-state index in [4.69, 9.17) is 16.3 Å². The van der Waals surface area contributed by atoms with Crippen molar-refractivity contribution in [3.63, 3.8) is 0 Å². The average Bonchev–Trinajstić information content (AvgIpc) is 2.68. The molecule has 0 radical (unpaired) electrons. The Morgan fingerprint density at radius 2 is 1.76 bits per heavy atom. The van der Waals surface area contributed by atoms with Crippen LogP contribution in [-0.4, -0.2) is 46.2 Å². The summed E-state index contributed by atoms with van der Waals surface area (Å²) in [5.74, 6) is 0. The van der Waals surface area contributed by atoms with Crippen LogP contribution in [0.5, 0.6) is 0 Å². The van der Waals surface area contributed by atoms with E-state index in [-0.39, 0.29) is 17.5 Å². The van der Waals surface area contributed by atoms with Gasteiger partial charge in [0, 0.05) is 30.7 Å². The van der Waals surface area contributed by atoms with Crippen molar-refractivity contribution in [2.45, 2.75) is 17.1 Å². The maximum atomic E-state index is 12.7. The van der Waals surface area contributed by atoms with Gasteiger partial charge in [0.2, 0.25) is 10.0 Å². The molecule has 3 rings (SSSR count). The van der Waals surface area contributed by atoms with Gasteiger partial charge in [-0.3, -0.25) is 4.90 Å². The molecule has 1 N–H and O–H groups in total. The Balaban J connectivity index is 1.79. The molecule has 0 aliphatic carbocycles. The van der Waals surface area contributed by atoms with Crippen LogP contribution in [0.1, 0.15) is 17.2 Å². The number of hydrogen-bond donors (Lipinski definition) is 1. The van der Waals surface area contributed by atoms with E-state index in [1.54, 1.807) is 18.2 Å². The van der Waals surface area contributed by atoms with Gasteiger partial charge in [0.05, 0.1) is 23.7 Å². The van der Waals surface area contributed by atoms with Crippen molar-refractivity contribution in [3.05, 3.63) is 64.7 Å². The van der Waals surface area contributed by atoms with Crippen molar-refractivity contribution >= 4 is 21.6 Å². The number of halogens is 4. The molecule has 5 nitrogen and oxygen atoms in total. The van der Waals surface area contributed by atoms with E-state index in [1.807, 2.05) is 6.07 Å². The molecule has 10 heteroatoms. The number of morpholine rings is 1. The van der Waals surface area contributed by atoms with Crippen molar-refractivity contribution in [3.8, 4) is 0 Å². The fourth-order valence-electron chi connectivity index (χ4n) is 3.16. The molecule has 158 valence electrons. The van der Waals surface area contributed by atoms with E-state index >= 15 is 0 Å². The van der Waals surface area contributed by atoms with Crippen LogP contribution in [0.2, 0.25) is 5.02 Å². The van der Waals surface area contributed by atoms with E-state index in [2.05, 4.69) is 9.62 Å². The highest BCUT2D eigenvalue weighted by molar-refractivity contribution is 7.89. The van der Waals surface area contributed by atoms with Crippen molar-refractivity contribution in [2.24, 2.45) is 0 Å². The van der Waals surface area contributed by atoms with Gasteiger partial charge in [0.15, 0.2) is 0 Å². The number of nitrogens with zero attached hydrogens (tertiary/aromatic N) is 1. The lowest BCUT2D eigenvalue weighted by atomic mass is 10.1. The van der Waals surface area contributed by atoms with Gasteiger partial charge in [-0.25, -0.2) is 13.1 Å². The molecule has 1 aliphatic heterocycles. The lowest BCUT2D eigenvalue weighted by molar-refractivity contribution is -0.137. The minimum absolute atomic E-state index is 0.0453. The summed E-state index contributed by atoms with van der Waals surface area (Å²) in [4.78, 5) is 1.86. The molecular formula is C19H20ClF3N2O3S. The van der Waals surface area contributed by atoms with Gasteiger partial charge in [-0.15, -0.1) is 0 Å². The molecule has 0 amide bonds.